The average molecular weight is 361 g/mol. The number of hydrogen-bond acceptors (Lipinski definition) is 3. The number of anilines is 1. The summed E-state index contributed by atoms with van der Waals surface area (Å²) in [4.78, 5) is 12.4. The van der Waals surface area contributed by atoms with E-state index in [1.807, 2.05) is 43.3 Å². The normalized spacial score (nSPS) is 14.8. The molecule has 1 aliphatic heterocycles. The van der Waals surface area contributed by atoms with Crippen LogP contribution in [0.25, 0.3) is 0 Å². The molecule has 2 aromatic rings. The molecule has 1 amide bonds. The fourth-order valence-electron chi connectivity index (χ4n) is 2.94. The summed E-state index contributed by atoms with van der Waals surface area (Å²) in [7, 11) is 1.67. The number of ether oxygens (including phenoxy) is 1. The summed E-state index contributed by atoms with van der Waals surface area (Å²) in [6, 6.07) is 16.1. The predicted octanol–water partition coefficient (Wildman–Crippen LogP) is 3.50. The molecular weight excluding hydrogens is 336 g/mol. The van der Waals surface area contributed by atoms with Crippen LogP contribution in [-0.2, 0) is 11.2 Å². The second kappa shape index (κ2) is 8.88. The van der Waals surface area contributed by atoms with Crippen molar-refractivity contribution < 1.29 is 9.53 Å². The fraction of sp³-hybridized carbons (Fsp3) is 0.350. The molecule has 0 bridgehead atoms. The SMILES string of the molecule is COc1ccc(NC(=O)C(C)C2CNC2)cc1Cc1ccccc1.Cl. The van der Waals surface area contributed by atoms with Gasteiger partial charge in [-0.15, -0.1) is 12.4 Å². The highest BCUT2D eigenvalue weighted by molar-refractivity contribution is 5.92. The summed E-state index contributed by atoms with van der Waals surface area (Å²) < 4.78 is 5.47. The average Bonchev–Trinajstić information content (AvgIpc) is 2.54. The van der Waals surface area contributed by atoms with Crippen molar-refractivity contribution in [3.63, 3.8) is 0 Å². The zero-order valence-electron chi connectivity index (χ0n) is 14.6. The molecule has 3 rings (SSSR count). The highest BCUT2D eigenvalue weighted by Crippen LogP contribution is 2.26. The molecule has 134 valence electrons. The number of rotatable bonds is 6. The molecule has 1 saturated heterocycles. The number of carbonyl (C=O) groups excluding carboxylic acids is 1. The van der Waals surface area contributed by atoms with E-state index in [0.717, 1.165) is 36.5 Å². The second-order valence-corrected chi connectivity index (χ2v) is 6.39. The Hall–Kier alpha value is -2.04. The lowest BCUT2D eigenvalue weighted by Gasteiger charge is -2.31. The minimum atomic E-state index is 0. The smallest absolute Gasteiger partial charge is 0.227 e. The summed E-state index contributed by atoms with van der Waals surface area (Å²) in [5, 5.41) is 6.26. The van der Waals surface area contributed by atoms with Crippen LogP contribution in [0.1, 0.15) is 18.1 Å². The van der Waals surface area contributed by atoms with Crippen molar-refractivity contribution in [1.82, 2.24) is 5.32 Å². The van der Waals surface area contributed by atoms with E-state index in [1.165, 1.54) is 5.56 Å². The van der Waals surface area contributed by atoms with Crippen molar-refractivity contribution in [2.24, 2.45) is 11.8 Å². The van der Waals surface area contributed by atoms with Crippen LogP contribution >= 0.6 is 12.4 Å². The summed E-state index contributed by atoms with van der Waals surface area (Å²) in [6.45, 7) is 3.85. The molecule has 5 heteroatoms. The van der Waals surface area contributed by atoms with Crippen LogP contribution in [0, 0.1) is 11.8 Å². The highest BCUT2D eigenvalue weighted by Gasteiger charge is 2.28. The van der Waals surface area contributed by atoms with Gasteiger partial charge in [-0.05, 0) is 42.8 Å². The van der Waals surface area contributed by atoms with E-state index >= 15 is 0 Å². The number of nitrogens with one attached hydrogen (secondary N) is 2. The van der Waals surface area contributed by atoms with E-state index in [4.69, 9.17) is 4.74 Å². The molecule has 0 aliphatic carbocycles. The lowest BCUT2D eigenvalue weighted by molar-refractivity contribution is -0.121. The Bertz CT molecular complexity index is 702. The van der Waals surface area contributed by atoms with Gasteiger partial charge in [0.1, 0.15) is 5.75 Å². The molecule has 0 spiro atoms. The van der Waals surface area contributed by atoms with Gasteiger partial charge in [0, 0.05) is 23.6 Å². The second-order valence-electron chi connectivity index (χ2n) is 6.39. The van der Waals surface area contributed by atoms with Crippen LogP contribution < -0.4 is 15.4 Å². The molecule has 1 fully saturated rings. The summed E-state index contributed by atoms with van der Waals surface area (Å²) in [5.74, 6) is 1.38. The van der Waals surface area contributed by atoms with E-state index in [9.17, 15) is 4.79 Å². The monoisotopic (exact) mass is 360 g/mol. The number of methoxy groups -OCH3 is 1. The Morgan fingerprint density at radius 1 is 1.24 bits per heavy atom. The molecule has 2 aromatic carbocycles. The van der Waals surface area contributed by atoms with Gasteiger partial charge in [0.15, 0.2) is 0 Å². The fourth-order valence-corrected chi connectivity index (χ4v) is 2.94. The lowest BCUT2D eigenvalue weighted by atomic mass is 9.88. The topological polar surface area (TPSA) is 50.4 Å². The minimum Gasteiger partial charge on any atom is -0.496 e. The molecule has 1 unspecified atom stereocenters. The van der Waals surface area contributed by atoms with Gasteiger partial charge in [0.2, 0.25) is 5.91 Å². The van der Waals surface area contributed by atoms with E-state index in [0.29, 0.717) is 5.92 Å². The van der Waals surface area contributed by atoms with Crippen molar-refractivity contribution in [2.45, 2.75) is 13.3 Å². The molecule has 0 saturated carbocycles. The van der Waals surface area contributed by atoms with E-state index in [1.54, 1.807) is 7.11 Å². The van der Waals surface area contributed by atoms with Gasteiger partial charge >= 0.3 is 0 Å². The molecule has 25 heavy (non-hydrogen) atoms. The Kier molecular flexibility index (Phi) is 6.85. The van der Waals surface area contributed by atoms with Gasteiger partial charge in [-0.3, -0.25) is 4.79 Å². The van der Waals surface area contributed by atoms with Crippen molar-refractivity contribution in [3.05, 3.63) is 59.7 Å². The van der Waals surface area contributed by atoms with Crippen LogP contribution in [0.5, 0.6) is 5.75 Å². The van der Waals surface area contributed by atoms with Gasteiger partial charge in [0.05, 0.1) is 7.11 Å². The van der Waals surface area contributed by atoms with Crippen LogP contribution in [0.3, 0.4) is 0 Å². The Morgan fingerprint density at radius 2 is 1.96 bits per heavy atom. The van der Waals surface area contributed by atoms with Crippen LogP contribution in [0.15, 0.2) is 48.5 Å². The Morgan fingerprint density at radius 3 is 2.56 bits per heavy atom. The van der Waals surface area contributed by atoms with Gasteiger partial charge in [-0.25, -0.2) is 0 Å². The predicted molar refractivity (Wildman–Crippen MR) is 104 cm³/mol. The van der Waals surface area contributed by atoms with Gasteiger partial charge in [0.25, 0.3) is 0 Å². The third kappa shape index (κ3) is 4.74. The number of amides is 1. The molecule has 1 atom stereocenters. The minimum absolute atomic E-state index is 0. The van der Waals surface area contributed by atoms with Crippen LogP contribution in [-0.4, -0.2) is 26.1 Å². The molecule has 1 aliphatic rings. The molecule has 1 heterocycles. The summed E-state index contributed by atoms with van der Waals surface area (Å²) >= 11 is 0. The van der Waals surface area contributed by atoms with Crippen LogP contribution in [0.4, 0.5) is 5.69 Å². The molecule has 2 N–H and O–H groups in total. The van der Waals surface area contributed by atoms with Crippen LogP contribution in [0.2, 0.25) is 0 Å². The molecule has 4 nitrogen and oxygen atoms in total. The number of carbonyl (C=O) groups is 1. The zero-order chi connectivity index (χ0) is 16.9. The van der Waals surface area contributed by atoms with Gasteiger partial charge in [-0.2, -0.15) is 0 Å². The van der Waals surface area contributed by atoms with E-state index in [-0.39, 0.29) is 24.2 Å². The van der Waals surface area contributed by atoms with Gasteiger partial charge < -0.3 is 15.4 Å². The molecular formula is C20H25ClN2O2. The maximum absolute atomic E-state index is 12.4. The van der Waals surface area contributed by atoms with Crippen molar-refractivity contribution in [1.29, 1.82) is 0 Å². The highest BCUT2D eigenvalue weighted by atomic mass is 35.5. The molecule has 0 aromatic heterocycles. The molecule has 0 radical (unpaired) electrons. The lowest BCUT2D eigenvalue weighted by Crippen LogP contribution is -2.48. The Balaban J connectivity index is 0.00000225. The summed E-state index contributed by atoms with van der Waals surface area (Å²) in [6.07, 6.45) is 0.774. The first-order valence-electron chi connectivity index (χ1n) is 8.40. The zero-order valence-corrected chi connectivity index (χ0v) is 15.4. The standard InChI is InChI=1S/C20H24N2O2.ClH/c1-14(17-12-21-13-17)20(23)22-18-8-9-19(24-2)16(11-18)10-15-6-4-3-5-7-15;/h3-9,11,14,17,21H,10,12-13H2,1-2H3,(H,22,23);1H. The quantitative estimate of drug-likeness (QED) is 0.828. The Labute approximate surface area is 155 Å². The van der Waals surface area contributed by atoms with Crippen molar-refractivity contribution in [2.75, 3.05) is 25.5 Å². The first-order valence-corrected chi connectivity index (χ1v) is 8.40. The first kappa shape index (κ1) is 19.3. The maximum Gasteiger partial charge on any atom is 0.227 e. The number of hydrogen-bond donors (Lipinski definition) is 2. The maximum atomic E-state index is 12.4. The largest absolute Gasteiger partial charge is 0.496 e. The van der Waals surface area contributed by atoms with Gasteiger partial charge in [-0.1, -0.05) is 37.3 Å². The van der Waals surface area contributed by atoms with E-state index < -0.39 is 0 Å². The van der Waals surface area contributed by atoms with Crippen molar-refractivity contribution in [3.8, 4) is 5.75 Å². The van der Waals surface area contributed by atoms with Crippen molar-refractivity contribution >= 4 is 24.0 Å². The summed E-state index contributed by atoms with van der Waals surface area (Å²) in [5.41, 5.74) is 3.11. The first-order chi connectivity index (χ1) is 11.7. The van der Waals surface area contributed by atoms with E-state index in [2.05, 4.69) is 22.8 Å². The third-order valence-electron chi connectivity index (χ3n) is 4.72. The third-order valence-corrected chi connectivity index (χ3v) is 4.72. The number of halogens is 1. The number of benzene rings is 2.